The molecule has 21 heavy (non-hydrogen) atoms. The second kappa shape index (κ2) is 10.5. The van der Waals surface area contributed by atoms with Gasteiger partial charge in [0.15, 0.2) is 0 Å². The average molecular weight is 293 g/mol. The summed E-state index contributed by atoms with van der Waals surface area (Å²) in [5.41, 5.74) is 1.17. The van der Waals surface area contributed by atoms with E-state index < -0.39 is 0 Å². The van der Waals surface area contributed by atoms with Crippen LogP contribution in [0.2, 0.25) is 0 Å². The Bertz CT molecular complexity index is 391. The summed E-state index contributed by atoms with van der Waals surface area (Å²) >= 11 is 0. The van der Waals surface area contributed by atoms with E-state index in [9.17, 15) is 0 Å². The summed E-state index contributed by atoms with van der Waals surface area (Å²) < 4.78 is 11.3. The first-order valence-electron chi connectivity index (χ1n) is 8.17. The number of ether oxygens (including phenoxy) is 2. The number of hydrogen-bond acceptors (Lipinski definition) is 3. The molecule has 0 unspecified atom stereocenters. The molecule has 0 saturated heterocycles. The van der Waals surface area contributed by atoms with Crippen molar-refractivity contribution in [3.05, 3.63) is 23.8 Å². The molecule has 0 amide bonds. The molecule has 1 rings (SSSR count). The molecule has 1 aromatic rings. The molecule has 0 saturated carbocycles. The third kappa shape index (κ3) is 7.37. The summed E-state index contributed by atoms with van der Waals surface area (Å²) in [6.07, 6.45) is 4.91. The molecule has 0 fully saturated rings. The Morgan fingerprint density at radius 2 is 1.95 bits per heavy atom. The lowest BCUT2D eigenvalue weighted by Gasteiger charge is -2.14. The minimum Gasteiger partial charge on any atom is -0.497 e. The third-order valence-electron chi connectivity index (χ3n) is 3.39. The smallest absolute Gasteiger partial charge is 0.124 e. The molecule has 1 N–H and O–H groups in total. The lowest BCUT2D eigenvalue weighted by Crippen LogP contribution is -2.19. The minimum absolute atomic E-state index is 0.647. The molecular formula is C18H31NO2. The zero-order chi connectivity index (χ0) is 15.5. The van der Waals surface area contributed by atoms with Gasteiger partial charge in [0, 0.05) is 12.1 Å². The highest BCUT2D eigenvalue weighted by molar-refractivity contribution is 5.40. The van der Waals surface area contributed by atoms with Crippen LogP contribution in [0.4, 0.5) is 0 Å². The van der Waals surface area contributed by atoms with Gasteiger partial charge in [-0.3, -0.25) is 0 Å². The van der Waals surface area contributed by atoms with E-state index in [1.54, 1.807) is 7.11 Å². The van der Waals surface area contributed by atoms with Crippen molar-refractivity contribution in [1.82, 2.24) is 5.32 Å². The van der Waals surface area contributed by atoms with Crippen molar-refractivity contribution in [2.24, 2.45) is 5.92 Å². The van der Waals surface area contributed by atoms with Crippen molar-refractivity contribution in [3.8, 4) is 11.5 Å². The standard InChI is InChI=1S/C18H31NO2/c1-5-6-7-8-11-21-18-10-9-17(20-4)12-16(18)14-19-13-15(2)3/h9-10,12,15,19H,5-8,11,13-14H2,1-4H3. The summed E-state index contributed by atoms with van der Waals surface area (Å²) in [5.74, 6) is 2.51. The average Bonchev–Trinajstić information content (AvgIpc) is 2.47. The Balaban J connectivity index is 2.54. The number of benzene rings is 1. The Hall–Kier alpha value is -1.22. The second-order valence-corrected chi connectivity index (χ2v) is 5.91. The van der Waals surface area contributed by atoms with Crippen LogP contribution >= 0.6 is 0 Å². The molecular weight excluding hydrogens is 262 g/mol. The first-order valence-corrected chi connectivity index (χ1v) is 8.17. The van der Waals surface area contributed by atoms with Crippen LogP contribution in [0.25, 0.3) is 0 Å². The summed E-state index contributed by atoms with van der Waals surface area (Å²) in [7, 11) is 1.70. The highest BCUT2D eigenvalue weighted by Crippen LogP contribution is 2.24. The Kier molecular flexibility index (Phi) is 8.91. The topological polar surface area (TPSA) is 30.5 Å². The molecule has 0 bridgehead atoms. The van der Waals surface area contributed by atoms with Crippen molar-refractivity contribution in [2.75, 3.05) is 20.3 Å². The monoisotopic (exact) mass is 293 g/mol. The molecule has 3 nitrogen and oxygen atoms in total. The first-order chi connectivity index (χ1) is 10.2. The van der Waals surface area contributed by atoms with E-state index in [-0.39, 0.29) is 0 Å². The van der Waals surface area contributed by atoms with Crippen molar-refractivity contribution < 1.29 is 9.47 Å². The normalized spacial score (nSPS) is 10.9. The van der Waals surface area contributed by atoms with Gasteiger partial charge in [-0.05, 0) is 37.1 Å². The van der Waals surface area contributed by atoms with Gasteiger partial charge in [0.25, 0.3) is 0 Å². The van der Waals surface area contributed by atoms with Crippen LogP contribution < -0.4 is 14.8 Å². The zero-order valence-electron chi connectivity index (χ0n) is 14.1. The van der Waals surface area contributed by atoms with E-state index in [2.05, 4.69) is 32.2 Å². The number of hydrogen-bond donors (Lipinski definition) is 1. The van der Waals surface area contributed by atoms with Crippen LogP contribution in [0.5, 0.6) is 11.5 Å². The largest absolute Gasteiger partial charge is 0.497 e. The van der Waals surface area contributed by atoms with Crippen LogP contribution in [0.1, 0.15) is 52.0 Å². The third-order valence-corrected chi connectivity index (χ3v) is 3.39. The molecule has 0 atom stereocenters. The maximum Gasteiger partial charge on any atom is 0.124 e. The fraction of sp³-hybridized carbons (Fsp3) is 0.667. The summed E-state index contributed by atoms with van der Waals surface area (Å²) in [4.78, 5) is 0. The Labute approximate surface area is 130 Å². The lowest BCUT2D eigenvalue weighted by atomic mass is 10.1. The number of unbranched alkanes of at least 4 members (excludes halogenated alkanes) is 3. The van der Waals surface area contributed by atoms with Gasteiger partial charge in [-0.2, -0.15) is 0 Å². The van der Waals surface area contributed by atoms with Crippen LogP contribution in [0.15, 0.2) is 18.2 Å². The molecule has 0 aliphatic carbocycles. The van der Waals surface area contributed by atoms with E-state index in [4.69, 9.17) is 9.47 Å². The Morgan fingerprint density at radius 1 is 1.14 bits per heavy atom. The van der Waals surface area contributed by atoms with Gasteiger partial charge >= 0.3 is 0 Å². The van der Waals surface area contributed by atoms with E-state index in [0.29, 0.717) is 5.92 Å². The maximum atomic E-state index is 5.95. The summed E-state index contributed by atoms with van der Waals surface area (Å²) in [5, 5.41) is 3.47. The molecule has 0 radical (unpaired) electrons. The molecule has 0 aliphatic rings. The molecule has 0 aliphatic heterocycles. The van der Waals surface area contributed by atoms with E-state index in [1.807, 2.05) is 12.1 Å². The molecule has 0 aromatic heterocycles. The van der Waals surface area contributed by atoms with Crippen molar-refractivity contribution >= 4 is 0 Å². The fourth-order valence-electron chi connectivity index (χ4n) is 2.17. The molecule has 120 valence electrons. The van der Waals surface area contributed by atoms with Crippen molar-refractivity contribution in [3.63, 3.8) is 0 Å². The van der Waals surface area contributed by atoms with Gasteiger partial charge in [0.2, 0.25) is 0 Å². The van der Waals surface area contributed by atoms with Gasteiger partial charge in [-0.25, -0.2) is 0 Å². The van der Waals surface area contributed by atoms with E-state index in [0.717, 1.165) is 37.6 Å². The highest BCUT2D eigenvalue weighted by Gasteiger charge is 2.06. The van der Waals surface area contributed by atoms with Crippen molar-refractivity contribution in [1.29, 1.82) is 0 Å². The van der Waals surface area contributed by atoms with Gasteiger partial charge in [0.05, 0.1) is 13.7 Å². The van der Waals surface area contributed by atoms with Crippen LogP contribution in [0, 0.1) is 5.92 Å². The second-order valence-electron chi connectivity index (χ2n) is 5.91. The molecule has 0 heterocycles. The quantitative estimate of drug-likeness (QED) is 0.613. The van der Waals surface area contributed by atoms with E-state index in [1.165, 1.54) is 24.8 Å². The first kappa shape index (κ1) is 17.8. The van der Waals surface area contributed by atoms with Crippen LogP contribution in [0.3, 0.4) is 0 Å². The Morgan fingerprint density at radius 3 is 2.62 bits per heavy atom. The predicted molar refractivity (Wildman–Crippen MR) is 89.2 cm³/mol. The van der Waals surface area contributed by atoms with Gasteiger partial charge in [0.1, 0.15) is 11.5 Å². The number of methoxy groups -OCH3 is 1. The number of nitrogens with one attached hydrogen (secondary N) is 1. The number of rotatable bonds is 11. The zero-order valence-corrected chi connectivity index (χ0v) is 14.1. The van der Waals surface area contributed by atoms with E-state index >= 15 is 0 Å². The summed E-state index contributed by atoms with van der Waals surface area (Å²) in [6, 6.07) is 6.05. The maximum absolute atomic E-state index is 5.95. The van der Waals surface area contributed by atoms with Crippen LogP contribution in [-0.2, 0) is 6.54 Å². The molecule has 0 spiro atoms. The predicted octanol–water partition coefficient (Wildman–Crippen LogP) is 4.40. The van der Waals surface area contributed by atoms with Crippen molar-refractivity contribution in [2.45, 2.75) is 53.0 Å². The molecule has 3 heteroatoms. The van der Waals surface area contributed by atoms with Gasteiger partial charge in [-0.15, -0.1) is 0 Å². The van der Waals surface area contributed by atoms with Gasteiger partial charge < -0.3 is 14.8 Å². The minimum atomic E-state index is 0.647. The lowest BCUT2D eigenvalue weighted by molar-refractivity contribution is 0.300. The SMILES string of the molecule is CCCCCCOc1ccc(OC)cc1CNCC(C)C. The summed E-state index contributed by atoms with van der Waals surface area (Å²) in [6.45, 7) is 9.27. The fourth-order valence-corrected chi connectivity index (χ4v) is 2.17. The van der Waals surface area contributed by atoms with Gasteiger partial charge in [-0.1, -0.05) is 40.0 Å². The molecule has 1 aromatic carbocycles. The highest BCUT2D eigenvalue weighted by atomic mass is 16.5. The van der Waals surface area contributed by atoms with Crippen LogP contribution in [-0.4, -0.2) is 20.3 Å².